The van der Waals surface area contributed by atoms with E-state index in [-0.39, 0.29) is 5.54 Å². The van der Waals surface area contributed by atoms with Crippen molar-refractivity contribution in [1.29, 1.82) is 0 Å². The largest absolute Gasteiger partial charge is 0.389 e. The number of benzene rings is 1. The molecule has 0 aromatic heterocycles. The summed E-state index contributed by atoms with van der Waals surface area (Å²) in [5.74, 6) is 0. The summed E-state index contributed by atoms with van der Waals surface area (Å²) in [7, 11) is 4.32. The van der Waals surface area contributed by atoms with Crippen molar-refractivity contribution >= 4 is 22.9 Å². The summed E-state index contributed by atoms with van der Waals surface area (Å²) in [5, 5.41) is 3.58. The molecule has 1 aliphatic carbocycles. The van der Waals surface area contributed by atoms with Gasteiger partial charge in [0.1, 0.15) is 4.99 Å². The molecular weight excluding hydrogens is 254 g/mol. The molecule has 4 heteroatoms. The van der Waals surface area contributed by atoms with Crippen LogP contribution >= 0.6 is 12.2 Å². The normalized spacial score (nSPS) is 17.1. The van der Waals surface area contributed by atoms with Gasteiger partial charge in [0.2, 0.25) is 0 Å². The van der Waals surface area contributed by atoms with E-state index in [9.17, 15) is 0 Å². The van der Waals surface area contributed by atoms with Gasteiger partial charge in [-0.3, -0.25) is 0 Å². The Morgan fingerprint density at radius 3 is 2.58 bits per heavy atom. The third-order valence-corrected chi connectivity index (χ3v) is 4.59. The van der Waals surface area contributed by atoms with Crippen LogP contribution in [0, 0.1) is 6.92 Å². The van der Waals surface area contributed by atoms with Gasteiger partial charge in [0, 0.05) is 23.3 Å². The maximum absolute atomic E-state index is 5.81. The first-order valence-electron chi connectivity index (χ1n) is 6.77. The fraction of sp³-hybridized carbons (Fsp3) is 0.533. The van der Waals surface area contributed by atoms with Crippen molar-refractivity contribution in [3.8, 4) is 0 Å². The molecule has 3 N–H and O–H groups in total. The lowest BCUT2D eigenvalue weighted by Gasteiger charge is -2.47. The van der Waals surface area contributed by atoms with Gasteiger partial charge in [-0.15, -0.1) is 0 Å². The molecule has 1 fully saturated rings. The van der Waals surface area contributed by atoms with E-state index in [0.717, 1.165) is 17.8 Å². The minimum Gasteiger partial charge on any atom is -0.389 e. The summed E-state index contributed by atoms with van der Waals surface area (Å²) >= 11 is 5.14. The van der Waals surface area contributed by atoms with Crippen LogP contribution in [-0.2, 0) is 0 Å². The number of hydrogen-bond donors (Lipinski definition) is 2. The Labute approximate surface area is 121 Å². The summed E-state index contributed by atoms with van der Waals surface area (Å²) in [5.41, 5.74) is 9.32. The average molecular weight is 277 g/mol. The molecule has 0 unspecified atom stereocenters. The Balaban J connectivity index is 2.17. The van der Waals surface area contributed by atoms with Crippen molar-refractivity contribution in [2.45, 2.75) is 31.7 Å². The molecule has 104 valence electrons. The first-order chi connectivity index (χ1) is 8.96. The fourth-order valence-electron chi connectivity index (χ4n) is 2.73. The van der Waals surface area contributed by atoms with Crippen LogP contribution in [0.25, 0.3) is 0 Å². The molecule has 0 radical (unpaired) electrons. The highest BCUT2D eigenvalue weighted by Gasteiger charge is 2.38. The van der Waals surface area contributed by atoms with Gasteiger partial charge in [0.05, 0.1) is 0 Å². The number of thiocarbonyl (C=S) groups is 1. The first kappa shape index (κ1) is 14.3. The lowest BCUT2D eigenvalue weighted by molar-refractivity contribution is 0.0739. The highest BCUT2D eigenvalue weighted by molar-refractivity contribution is 7.80. The number of rotatable bonds is 5. The van der Waals surface area contributed by atoms with Crippen LogP contribution < -0.4 is 11.1 Å². The molecular formula is C15H23N3S. The number of hydrogen-bond acceptors (Lipinski definition) is 3. The Kier molecular flexibility index (Phi) is 4.11. The lowest BCUT2D eigenvalue weighted by atomic mass is 9.75. The minimum absolute atomic E-state index is 0.287. The fourth-order valence-corrected chi connectivity index (χ4v) is 2.90. The standard InChI is InChI=1S/C15H23N3S/c1-11-6-4-7-12(14(16)19)13(11)17-10-15(18(2)3)8-5-9-15/h4,6-7,17H,5,8-10H2,1-3H3,(H2,16,19). The maximum atomic E-state index is 5.81. The van der Waals surface area contributed by atoms with Gasteiger partial charge < -0.3 is 16.0 Å². The third kappa shape index (κ3) is 2.74. The molecule has 0 bridgehead atoms. The van der Waals surface area contributed by atoms with Crippen molar-refractivity contribution < 1.29 is 0 Å². The SMILES string of the molecule is Cc1cccc(C(N)=S)c1NCC1(N(C)C)CCC1. The van der Waals surface area contributed by atoms with Crippen LogP contribution in [0.5, 0.6) is 0 Å². The molecule has 1 aromatic rings. The summed E-state index contributed by atoms with van der Waals surface area (Å²) < 4.78 is 0. The van der Waals surface area contributed by atoms with Gasteiger partial charge in [-0.05, 0) is 51.9 Å². The van der Waals surface area contributed by atoms with Gasteiger partial charge in [0.25, 0.3) is 0 Å². The zero-order valence-corrected chi connectivity index (χ0v) is 12.8. The van der Waals surface area contributed by atoms with Crippen LogP contribution in [0.2, 0.25) is 0 Å². The predicted molar refractivity (Wildman–Crippen MR) is 85.8 cm³/mol. The van der Waals surface area contributed by atoms with Gasteiger partial charge in [-0.2, -0.15) is 0 Å². The number of nitrogens with zero attached hydrogens (tertiary/aromatic N) is 1. The Morgan fingerprint density at radius 1 is 1.42 bits per heavy atom. The van der Waals surface area contributed by atoms with Crippen LogP contribution in [0.3, 0.4) is 0 Å². The van der Waals surface area contributed by atoms with E-state index in [2.05, 4.69) is 37.3 Å². The summed E-state index contributed by atoms with van der Waals surface area (Å²) in [4.78, 5) is 2.79. The number of nitrogens with one attached hydrogen (secondary N) is 1. The van der Waals surface area contributed by atoms with Crippen molar-refractivity contribution in [2.24, 2.45) is 5.73 Å². The zero-order chi connectivity index (χ0) is 14.0. The van der Waals surface area contributed by atoms with Crippen LogP contribution in [0.15, 0.2) is 18.2 Å². The molecule has 1 aromatic carbocycles. The molecule has 19 heavy (non-hydrogen) atoms. The van der Waals surface area contributed by atoms with Crippen molar-refractivity contribution in [1.82, 2.24) is 4.90 Å². The molecule has 0 spiro atoms. The second kappa shape index (κ2) is 5.47. The molecule has 1 saturated carbocycles. The summed E-state index contributed by atoms with van der Waals surface area (Å²) in [6.07, 6.45) is 3.82. The smallest absolute Gasteiger partial charge is 0.106 e. The topological polar surface area (TPSA) is 41.3 Å². The van der Waals surface area contributed by atoms with E-state index in [1.807, 2.05) is 12.1 Å². The van der Waals surface area contributed by atoms with Crippen molar-refractivity contribution in [3.05, 3.63) is 29.3 Å². The van der Waals surface area contributed by atoms with E-state index < -0.39 is 0 Å². The quantitative estimate of drug-likeness (QED) is 0.812. The predicted octanol–water partition coefficient (Wildman–Crippen LogP) is 2.53. The third-order valence-electron chi connectivity index (χ3n) is 4.37. The molecule has 2 rings (SSSR count). The molecule has 0 atom stereocenters. The summed E-state index contributed by atoms with van der Waals surface area (Å²) in [6.45, 7) is 3.04. The Morgan fingerprint density at radius 2 is 2.11 bits per heavy atom. The van der Waals surface area contributed by atoms with Crippen molar-refractivity contribution in [3.63, 3.8) is 0 Å². The van der Waals surface area contributed by atoms with E-state index in [4.69, 9.17) is 18.0 Å². The molecule has 3 nitrogen and oxygen atoms in total. The van der Waals surface area contributed by atoms with Crippen LogP contribution in [0.4, 0.5) is 5.69 Å². The second-order valence-electron chi connectivity index (χ2n) is 5.69. The van der Waals surface area contributed by atoms with Gasteiger partial charge >= 0.3 is 0 Å². The van der Waals surface area contributed by atoms with Gasteiger partial charge in [-0.1, -0.05) is 24.4 Å². The molecule has 0 saturated heterocycles. The number of nitrogens with two attached hydrogens (primary N) is 1. The number of para-hydroxylation sites is 1. The molecule has 0 aliphatic heterocycles. The Bertz CT molecular complexity index is 478. The molecule has 1 aliphatic rings. The highest BCUT2D eigenvalue weighted by Crippen LogP contribution is 2.36. The average Bonchev–Trinajstić information content (AvgIpc) is 2.28. The first-order valence-corrected chi connectivity index (χ1v) is 7.18. The molecule has 0 amide bonds. The van der Waals surface area contributed by atoms with Crippen molar-refractivity contribution in [2.75, 3.05) is 26.0 Å². The lowest BCUT2D eigenvalue weighted by Crippen LogP contribution is -2.54. The van der Waals surface area contributed by atoms with Crippen LogP contribution in [-0.4, -0.2) is 36.1 Å². The van der Waals surface area contributed by atoms with Gasteiger partial charge in [-0.25, -0.2) is 0 Å². The van der Waals surface area contributed by atoms with Gasteiger partial charge in [0.15, 0.2) is 0 Å². The van der Waals surface area contributed by atoms with E-state index in [1.165, 1.54) is 24.8 Å². The number of aryl methyl sites for hydroxylation is 1. The summed E-state index contributed by atoms with van der Waals surface area (Å²) in [6, 6.07) is 6.08. The minimum atomic E-state index is 0.287. The van der Waals surface area contributed by atoms with E-state index in [1.54, 1.807) is 0 Å². The van der Waals surface area contributed by atoms with E-state index in [0.29, 0.717) is 4.99 Å². The Hall–Kier alpha value is -1.13. The molecule has 0 heterocycles. The maximum Gasteiger partial charge on any atom is 0.106 e. The second-order valence-corrected chi connectivity index (χ2v) is 6.13. The van der Waals surface area contributed by atoms with Crippen LogP contribution in [0.1, 0.15) is 30.4 Å². The zero-order valence-electron chi connectivity index (χ0n) is 12.0. The van der Waals surface area contributed by atoms with E-state index >= 15 is 0 Å². The number of likely N-dealkylation sites (N-methyl/N-ethyl adjacent to an activating group) is 1. The number of anilines is 1. The monoisotopic (exact) mass is 277 g/mol. The highest BCUT2D eigenvalue weighted by atomic mass is 32.1.